The molecule has 0 heterocycles. The van der Waals surface area contributed by atoms with Crippen molar-refractivity contribution in [3.63, 3.8) is 0 Å². The number of nitrogens with zero attached hydrogens (tertiary/aromatic N) is 3. The van der Waals surface area contributed by atoms with Gasteiger partial charge < -0.3 is 23.3 Å². The van der Waals surface area contributed by atoms with E-state index in [0.29, 0.717) is 25.6 Å². The zero-order valence-corrected chi connectivity index (χ0v) is 13.2. The van der Waals surface area contributed by atoms with Crippen LogP contribution >= 0.6 is 0 Å². The van der Waals surface area contributed by atoms with Crippen molar-refractivity contribution in [3.05, 3.63) is 0 Å². The van der Waals surface area contributed by atoms with Gasteiger partial charge in [-0.25, -0.2) is 9.59 Å². The molecule has 0 saturated heterocycles. The summed E-state index contributed by atoms with van der Waals surface area (Å²) in [7, 11) is 1.90. The van der Waals surface area contributed by atoms with Crippen LogP contribution in [0.3, 0.4) is 0 Å². The van der Waals surface area contributed by atoms with Gasteiger partial charge in [0.05, 0.1) is 0 Å². The summed E-state index contributed by atoms with van der Waals surface area (Å²) in [5.41, 5.74) is 0. The monoisotopic (exact) mass is 307 g/mol. The zero-order valence-electron chi connectivity index (χ0n) is 12.2. The molecule has 9 nitrogen and oxygen atoms in total. The summed E-state index contributed by atoms with van der Waals surface area (Å²) in [4.78, 5) is 23.1. The molecule has 1 N–H and O–H groups in total. The van der Waals surface area contributed by atoms with Gasteiger partial charge in [-0.15, -0.1) is 0 Å². The summed E-state index contributed by atoms with van der Waals surface area (Å²) in [5.74, 6) is 0. The van der Waals surface area contributed by atoms with Crippen LogP contribution in [0.1, 0.15) is 13.3 Å². The molecule has 0 aliphatic carbocycles. The van der Waals surface area contributed by atoms with Gasteiger partial charge >= 0.3 is 20.9 Å². The van der Waals surface area contributed by atoms with Crippen molar-refractivity contribution in [1.29, 1.82) is 0 Å². The van der Waals surface area contributed by atoms with Crippen LogP contribution < -0.4 is 0 Å². The predicted octanol–water partition coefficient (Wildman–Crippen LogP) is 1.83. The Bertz CT molecular complexity index is 340. The minimum absolute atomic E-state index is 0.388. The molecule has 0 rings (SSSR count). The molecule has 10 heteroatoms. The molecule has 0 aromatic rings. The van der Waals surface area contributed by atoms with E-state index in [0.717, 1.165) is 0 Å². The average molecular weight is 307 g/mol. The molecule has 0 aliphatic heterocycles. The van der Waals surface area contributed by atoms with Gasteiger partial charge in [0, 0.05) is 40.5 Å². The van der Waals surface area contributed by atoms with Crippen molar-refractivity contribution in [2.24, 2.45) is 10.2 Å². The van der Waals surface area contributed by atoms with Gasteiger partial charge in [-0.2, -0.15) is 0 Å². The van der Waals surface area contributed by atoms with Crippen LogP contribution in [0, 0.1) is 0 Å². The van der Waals surface area contributed by atoms with Crippen LogP contribution in [0.4, 0.5) is 9.59 Å². The topological polar surface area (TPSA) is 110 Å². The number of amides is 3. The normalized spacial score (nSPS) is 11.8. The third-order valence-corrected chi connectivity index (χ3v) is 5.55. The molecule has 0 atom stereocenters. The van der Waals surface area contributed by atoms with Gasteiger partial charge in [-0.3, -0.25) is 0 Å². The Balaban J connectivity index is 4.39. The number of carbonyl (C=O) groups excluding carboxylic acids is 1. The molecule has 0 saturated carbocycles. The van der Waals surface area contributed by atoms with Crippen molar-refractivity contribution in [2.75, 3.05) is 34.4 Å². The Kier molecular flexibility index (Phi) is 8.88. The van der Waals surface area contributed by atoms with Crippen LogP contribution in [0.25, 0.3) is 0 Å². The van der Waals surface area contributed by atoms with Gasteiger partial charge in [-0.1, -0.05) is 10.2 Å². The maximum Gasteiger partial charge on any atom is 0.500 e. The molecule has 20 heavy (non-hydrogen) atoms. The van der Waals surface area contributed by atoms with Crippen molar-refractivity contribution in [2.45, 2.75) is 19.4 Å². The fourth-order valence-corrected chi connectivity index (χ4v) is 3.28. The standard InChI is InChI=1S/C10H21N3O6Si/c1-5-13(9(14)11-12-10(15)16)7-6-8-20(17-2,18-3)19-4/h5-8H2,1-4H3,(H,15,16). The van der Waals surface area contributed by atoms with Crippen molar-refractivity contribution in [3.8, 4) is 0 Å². The molecule has 0 fully saturated rings. The number of rotatable bonds is 8. The highest BCUT2D eigenvalue weighted by Crippen LogP contribution is 2.15. The first-order chi connectivity index (χ1) is 9.44. The molecule has 0 spiro atoms. The van der Waals surface area contributed by atoms with Crippen LogP contribution in [-0.4, -0.2) is 65.4 Å². The van der Waals surface area contributed by atoms with E-state index in [-0.39, 0.29) is 0 Å². The molecule has 0 unspecified atom stereocenters. The molecular weight excluding hydrogens is 286 g/mol. The van der Waals surface area contributed by atoms with Gasteiger partial charge in [0.1, 0.15) is 0 Å². The lowest BCUT2D eigenvalue weighted by atomic mass is 10.4. The molecule has 0 aromatic carbocycles. The van der Waals surface area contributed by atoms with E-state index < -0.39 is 20.9 Å². The first-order valence-corrected chi connectivity index (χ1v) is 7.96. The van der Waals surface area contributed by atoms with Crippen molar-refractivity contribution in [1.82, 2.24) is 4.90 Å². The van der Waals surface area contributed by atoms with E-state index in [9.17, 15) is 9.59 Å². The third kappa shape index (κ3) is 6.19. The maximum absolute atomic E-state index is 11.6. The molecular formula is C10H21N3O6Si. The van der Waals surface area contributed by atoms with Gasteiger partial charge in [0.15, 0.2) is 0 Å². The second kappa shape index (κ2) is 9.53. The van der Waals surface area contributed by atoms with E-state index in [1.807, 2.05) is 0 Å². The molecule has 0 aliphatic rings. The zero-order chi connectivity index (χ0) is 15.6. The Hall–Kier alpha value is -1.36. The molecule has 0 aromatic heterocycles. The number of carboxylic acid groups (broad SMARTS) is 1. The van der Waals surface area contributed by atoms with Gasteiger partial charge in [0.25, 0.3) is 0 Å². The smallest absolute Gasteiger partial charge is 0.462 e. The number of hydrogen-bond donors (Lipinski definition) is 1. The highest BCUT2D eigenvalue weighted by Gasteiger charge is 2.37. The minimum Gasteiger partial charge on any atom is -0.462 e. The Morgan fingerprint density at radius 1 is 1.15 bits per heavy atom. The van der Waals surface area contributed by atoms with Crippen LogP contribution in [-0.2, 0) is 13.3 Å². The first-order valence-electron chi connectivity index (χ1n) is 6.03. The molecule has 3 amide bonds. The lowest BCUT2D eigenvalue weighted by Crippen LogP contribution is -2.43. The summed E-state index contributed by atoms with van der Waals surface area (Å²) >= 11 is 0. The lowest BCUT2D eigenvalue weighted by molar-refractivity contribution is 0.121. The molecule has 0 bridgehead atoms. The maximum atomic E-state index is 11.6. The molecule has 0 radical (unpaired) electrons. The Morgan fingerprint density at radius 2 is 1.70 bits per heavy atom. The Labute approximate surface area is 118 Å². The van der Waals surface area contributed by atoms with Crippen LogP contribution in [0.2, 0.25) is 6.04 Å². The Morgan fingerprint density at radius 3 is 2.10 bits per heavy atom. The van der Waals surface area contributed by atoms with Gasteiger partial charge in [0.2, 0.25) is 0 Å². The highest BCUT2D eigenvalue weighted by atomic mass is 28.4. The first kappa shape index (κ1) is 18.6. The minimum atomic E-state index is -2.65. The second-order valence-electron chi connectivity index (χ2n) is 3.74. The second-order valence-corrected chi connectivity index (χ2v) is 6.83. The average Bonchev–Trinajstić information content (AvgIpc) is 2.46. The summed E-state index contributed by atoms with van der Waals surface area (Å²) in [6.07, 6.45) is -0.914. The predicted molar refractivity (Wildman–Crippen MR) is 71.7 cm³/mol. The van der Waals surface area contributed by atoms with E-state index >= 15 is 0 Å². The quantitative estimate of drug-likeness (QED) is 0.541. The van der Waals surface area contributed by atoms with Crippen molar-refractivity contribution >= 4 is 20.9 Å². The van der Waals surface area contributed by atoms with E-state index in [2.05, 4.69) is 10.2 Å². The number of urea groups is 1. The lowest BCUT2D eigenvalue weighted by Gasteiger charge is -2.25. The van der Waals surface area contributed by atoms with E-state index in [1.54, 1.807) is 6.92 Å². The largest absolute Gasteiger partial charge is 0.500 e. The summed E-state index contributed by atoms with van der Waals surface area (Å²) in [5, 5.41) is 14.2. The third-order valence-electron chi connectivity index (χ3n) is 2.72. The summed E-state index contributed by atoms with van der Waals surface area (Å²) in [6, 6.07) is -0.148. The summed E-state index contributed by atoms with van der Waals surface area (Å²) in [6.45, 7) is 2.56. The van der Waals surface area contributed by atoms with E-state index in [4.69, 9.17) is 18.4 Å². The van der Waals surface area contributed by atoms with Gasteiger partial charge in [-0.05, 0) is 13.3 Å². The number of hydrogen-bond acceptors (Lipinski definition) is 5. The fourth-order valence-electron chi connectivity index (χ4n) is 1.58. The SMILES string of the molecule is CCN(CCC[Si](OC)(OC)OC)C(=O)N=NC(=O)O. The number of azo groups is 1. The highest BCUT2D eigenvalue weighted by molar-refractivity contribution is 6.60. The van der Waals surface area contributed by atoms with Crippen molar-refractivity contribution < 1.29 is 28.0 Å². The number of carbonyl (C=O) groups is 2. The van der Waals surface area contributed by atoms with Crippen LogP contribution in [0.5, 0.6) is 0 Å². The summed E-state index contributed by atoms with van der Waals surface area (Å²) < 4.78 is 15.8. The molecule has 116 valence electrons. The fraction of sp³-hybridized carbons (Fsp3) is 0.800. The van der Waals surface area contributed by atoms with Crippen LogP contribution in [0.15, 0.2) is 10.2 Å². The van der Waals surface area contributed by atoms with E-state index in [1.165, 1.54) is 26.2 Å².